The number of nitrogens with zero attached hydrogens (tertiary/aromatic N) is 2. The third-order valence-corrected chi connectivity index (χ3v) is 7.56. The van der Waals surface area contributed by atoms with Crippen molar-refractivity contribution in [1.82, 2.24) is 14.2 Å². The second-order valence-corrected chi connectivity index (χ2v) is 9.63. The number of aromatic amines is 1. The zero-order chi connectivity index (χ0) is 23.6. The van der Waals surface area contributed by atoms with E-state index in [9.17, 15) is 26.4 Å². The summed E-state index contributed by atoms with van der Waals surface area (Å²) in [5.74, 6) is -5.15. The lowest BCUT2D eigenvalue weighted by molar-refractivity contribution is -0.132. The van der Waals surface area contributed by atoms with Gasteiger partial charge in [-0.15, -0.1) is 0 Å². The number of benzene rings is 2. The minimum Gasteiger partial charge on any atom is -0.358 e. The summed E-state index contributed by atoms with van der Waals surface area (Å²) in [5, 5.41) is 0. The van der Waals surface area contributed by atoms with Crippen molar-refractivity contribution < 1.29 is 26.4 Å². The van der Waals surface area contributed by atoms with Crippen LogP contribution in [-0.4, -0.2) is 54.7 Å². The van der Waals surface area contributed by atoms with Crippen LogP contribution in [0.4, 0.5) is 13.2 Å². The third kappa shape index (κ3) is 4.81. The molecule has 1 N–H and O–H groups in total. The molecule has 0 bridgehead atoms. The number of amides is 1. The van der Waals surface area contributed by atoms with Gasteiger partial charge in [0.1, 0.15) is 4.90 Å². The topological polar surface area (TPSA) is 73.5 Å². The maximum atomic E-state index is 14.0. The molecule has 174 valence electrons. The van der Waals surface area contributed by atoms with Gasteiger partial charge in [0.05, 0.1) is 0 Å². The first-order valence-corrected chi connectivity index (χ1v) is 11.9. The lowest BCUT2D eigenvalue weighted by Gasteiger charge is -2.34. The first-order chi connectivity index (χ1) is 15.8. The number of hydrogen-bond donors (Lipinski definition) is 1. The van der Waals surface area contributed by atoms with E-state index in [1.54, 1.807) is 4.90 Å². The Bertz CT molecular complexity index is 1250. The molecule has 0 aliphatic carbocycles. The predicted molar refractivity (Wildman–Crippen MR) is 116 cm³/mol. The van der Waals surface area contributed by atoms with Crippen molar-refractivity contribution in [3.63, 3.8) is 0 Å². The quantitative estimate of drug-likeness (QED) is 0.552. The van der Waals surface area contributed by atoms with Crippen molar-refractivity contribution in [2.45, 2.75) is 17.7 Å². The maximum absolute atomic E-state index is 14.0. The molecular weight excluding hydrogens is 455 g/mol. The molecular formula is C23H22F3N3O3S. The minimum atomic E-state index is -4.35. The van der Waals surface area contributed by atoms with Crippen molar-refractivity contribution in [2.75, 3.05) is 26.2 Å². The minimum absolute atomic E-state index is 0.0623. The maximum Gasteiger partial charge on any atom is 0.246 e. The van der Waals surface area contributed by atoms with E-state index in [1.165, 1.54) is 0 Å². The number of rotatable bonds is 6. The Morgan fingerprint density at radius 1 is 0.879 bits per heavy atom. The third-order valence-electron chi connectivity index (χ3n) is 5.65. The van der Waals surface area contributed by atoms with E-state index < -0.39 is 32.4 Å². The number of nitrogens with one attached hydrogen (secondary N) is 1. The smallest absolute Gasteiger partial charge is 0.246 e. The second-order valence-electron chi connectivity index (χ2n) is 7.72. The Morgan fingerprint density at radius 2 is 1.58 bits per heavy atom. The number of halogens is 3. The fraction of sp³-hybridized carbons (Fsp3) is 0.261. The average Bonchev–Trinajstić information content (AvgIpc) is 3.31. The fourth-order valence-electron chi connectivity index (χ4n) is 3.80. The number of aromatic nitrogens is 1. The van der Waals surface area contributed by atoms with Gasteiger partial charge in [0, 0.05) is 44.0 Å². The highest BCUT2D eigenvalue weighted by Crippen LogP contribution is 2.24. The number of hydrogen-bond acceptors (Lipinski definition) is 3. The number of carbonyl (C=O) groups excluding carboxylic acids is 1. The zero-order valence-electron chi connectivity index (χ0n) is 17.6. The summed E-state index contributed by atoms with van der Waals surface area (Å²) in [6.07, 6.45) is 0.754. The molecule has 0 unspecified atom stereocenters. The highest BCUT2D eigenvalue weighted by molar-refractivity contribution is 7.89. The molecule has 2 heterocycles. The summed E-state index contributed by atoms with van der Waals surface area (Å²) >= 11 is 0. The Hall–Kier alpha value is -3.11. The summed E-state index contributed by atoms with van der Waals surface area (Å²) in [6, 6.07) is 15.0. The Labute approximate surface area is 189 Å². The molecule has 2 aromatic carbocycles. The van der Waals surface area contributed by atoms with E-state index in [0.717, 1.165) is 21.3 Å². The van der Waals surface area contributed by atoms with Gasteiger partial charge in [-0.1, -0.05) is 30.3 Å². The van der Waals surface area contributed by atoms with Crippen molar-refractivity contribution >= 4 is 15.9 Å². The first kappa shape index (κ1) is 23.1. The summed E-state index contributed by atoms with van der Waals surface area (Å²) in [7, 11) is -4.35. The van der Waals surface area contributed by atoms with Gasteiger partial charge < -0.3 is 9.88 Å². The van der Waals surface area contributed by atoms with Crippen LogP contribution in [-0.2, 0) is 21.2 Å². The molecule has 1 fully saturated rings. The van der Waals surface area contributed by atoms with Gasteiger partial charge in [-0.25, -0.2) is 21.6 Å². The Morgan fingerprint density at radius 3 is 2.27 bits per heavy atom. The largest absolute Gasteiger partial charge is 0.358 e. The molecule has 33 heavy (non-hydrogen) atoms. The van der Waals surface area contributed by atoms with Crippen molar-refractivity contribution in [3.8, 4) is 11.3 Å². The summed E-state index contributed by atoms with van der Waals surface area (Å²) in [6.45, 7) is 0.132. The van der Waals surface area contributed by atoms with Crippen molar-refractivity contribution in [2.24, 2.45) is 0 Å². The lowest BCUT2D eigenvalue weighted by Crippen LogP contribution is -2.50. The van der Waals surface area contributed by atoms with Crippen LogP contribution in [0.3, 0.4) is 0 Å². The number of H-pyrrole nitrogens is 1. The monoisotopic (exact) mass is 477 g/mol. The Balaban J connectivity index is 1.33. The average molecular weight is 478 g/mol. The van der Waals surface area contributed by atoms with E-state index in [4.69, 9.17) is 0 Å². The molecule has 4 rings (SSSR count). The van der Waals surface area contributed by atoms with E-state index in [-0.39, 0.29) is 38.5 Å². The van der Waals surface area contributed by atoms with Crippen LogP contribution in [0.1, 0.15) is 12.1 Å². The summed E-state index contributed by atoms with van der Waals surface area (Å²) in [4.78, 5) is 16.5. The standard InChI is InChI=1S/C23H22F3N3O3S/c24-18-8-10-20(23(26)22(18)25)33(31,32)29-14-12-28(13-15-29)21(30)11-7-17-6-9-19(27-17)16-4-2-1-3-5-16/h1-6,8-10,27H,7,11-15H2. The lowest BCUT2D eigenvalue weighted by atomic mass is 10.2. The molecule has 1 aromatic heterocycles. The molecule has 1 aliphatic heterocycles. The van der Waals surface area contributed by atoms with Crippen LogP contribution in [0.25, 0.3) is 11.3 Å². The van der Waals surface area contributed by atoms with E-state index in [0.29, 0.717) is 18.6 Å². The molecule has 0 saturated carbocycles. The van der Waals surface area contributed by atoms with Gasteiger partial charge in [0.2, 0.25) is 15.9 Å². The molecule has 3 aromatic rings. The van der Waals surface area contributed by atoms with Crippen molar-refractivity contribution in [3.05, 3.63) is 77.7 Å². The molecule has 6 nitrogen and oxygen atoms in total. The molecule has 0 atom stereocenters. The molecule has 1 amide bonds. The fourth-order valence-corrected chi connectivity index (χ4v) is 5.27. The molecule has 1 saturated heterocycles. The zero-order valence-corrected chi connectivity index (χ0v) is 18.4. The highest BCUT2D eigenvalue weighted by Gasteiger charge is 2.33. The molecule has 1 aliphatic rings. The van der Waals surface area contributed by atoms with Crippen molar-refractivity contribution in [1.29, 1.82) is 0 Å². The van der Waals surface area contributed by atoms with Gasteiger partial charge in [-0.2, -0.15) is 4.31 Å². The van der Waals surface area contributed by atoms with Gasteiger partial charge >= 0.3 is 0 Å². The molecule has 0 radical (unpaired) electrons. The van der Waals surface area contributed by atoms with E-state index >= 15 is 0 Å². The summed E-state index contributed by atoms with van der Waals surface area (Å²) < 4.78 is 66.9. The SMILES string of the molecule is O=C(CCc1ccc(-c2ccccc2)[nH]1)N1CCN(S(=O)(=O)c2ccc(F)c(F)c2F)CC1. The molecule has 10 heteroatoms. The van der Waals surface area contributed by atoms with Crippen LogP contribution < -0.4 is 0 Å². The van der Waals surface area contributed by atoms with Crippen LogP contribution in [0.15, 0.2) is 59.5 Å². The predicted octanol–water partition coefficient (Wildman–Crippen LogP) is 3.56. The number of aryl methyl sites for hydroxylation is 1. The van der Waals surface area contributed by atoms with Gasteiger partial charge in [0.15, 0.2) is 17.5 Å². The number of sulfonamides is 1. The Kier molecular flexibility index (Phi) is 6.57. The van der Waals surface area contributed by atoms with Crippen LogP contribution >= 0.6 is 0 Å². The van der Waals surface area contributed by atoms with E-state index in [2.05, 4.69) is 4.98 Å². The molecule has 0 spiro atoms. The van der Waals surface area contributed by atoms with E-state index in [1.807, 2.05) is 42.5 Å². The first-order valence-electron chi connectivity index (χ1n) is 10.4. The highest BCUT2D eigenvalue weighted by atomic mass is 32.2. The summed E-state index contributed by atoms with van der Waals surface area (Å²) in [5.41, 5.74) is 2.92. The van der Waals surface area contributed by atoms with Gasteiger partial charge in [0.25, 0.3) is 0 Å². The van der Waals surface area contributed by atoms with Gasteiger partial charge in [-0.05, 0) is 36.2 Å². The number of piperazine rings is 1. The van der Waals surface area contributed by atoms with Crippen LogP contribution in [0, 0.1) is 17.5 Å². The van der Waals surface area contributed by atoms with Crippen LogP contribution in [0.5, 0.6) is 0 Å². The number of carbonyl (C=O) groups is 1. The van der Waals surface area contributed by atoms with Gasteiger partial charge in [-0.3, -0.25) is 4.79 Å². The normalized spacial score (nSPS) is 15.1. The van der Waals surface area contributed by atoms with Crippen LogP contribution in [0.2, 0.25) is 0 Å². The second kappa shape index (κ2) is 9.40.